The Morgan fingerprint density at radius 3 is 2.75 bits per heavy atom. The van der Waals surface area contributed by atoms with E-state index >= 15 is 0 Å². The summed E-state index contributed by atoms with van der Waals surface area (Å²) in [5, 5.41) is 5.88. The van der Waals surface area contributed by atoms with Gasteiger partial charge in [0.2, 0.25) is 5.91 Å². The maximum atomic E-state index is 10.9. The number of carbonyl (C=O) groups is 1. The van der Waals surface area contributed by atoms with E-state index in [-0.39, 0.29) is 5.91 Å². The molecule has 0 atom stereocenters. The number of hydrogen-bond donors (Lipinski definition) is 2. The van der Waals surface area contributed by atoms with Crippen LogP contribution in [0.3, 0.4) is 0 Å². The van der Waals surface area contributed by atoms with Gasteiger partial charge in [0.25, 0.3) is 0 Å². The Bertz CT molecular complexity index is 118. The van der Waals surface area contributed by atoms with Crippen LogP contribution in [0, 0.1) is 0 Å². The lowest BCUT2D eigenvalue weighted by atomic mass is 10.4. The number of carbonyl (C=O) groups excluding carboxylic acids is 1. The number of amides is 1. The second-order valence-corrected chi connectivity index (χ2v) is 2.45. The summed E-state index contributed by atoms with van der Waals surface area (Å²) < 4.78 is 4.76. The summed E-state index contributed by atoms with van der Waals surface area (Å²) in [6, 6.07) is 0. The molecule has 0 saturated carbocycles. The lowest BCUT2D eigenvalue weighted by molar-refractivity contribution is -0.121. The minimum Gasteiger partial charge on any atom is -0.384 e. The molecule has 4 heteroatoms. The molecule has 0 bridgehead atoms. The Morgan fingerprint density at radius 1 is 1.42 bits per heavy atom. The van der Waals surface area contributed by atoms with E-state index in [2.05, 4.69) is 10.6 Å². The molecule has 0 rings (SSSR count). The van der Waals surface area contributed by atoms with Crippen molar-refractivity contribution in [1.82, 2.24) is 10.6 Å². The van der Waals surface area contributed by atoms with E-state index in [0.29, 0.717) is 19.6 Å². The molecule has 4 nitrogen and oxygen atoms in total. The van der Waals surface area contributed by atoms with Gasteiger partial charge >= 0.3 is 0 Å². The summed E-state index contributed by atoms with van der Waals surface area (Å²) in [5.41, 5.74) is 0. The third kappa shape index (κ3) is 7.50. The topological polar surface area (TPSA) is 50.4 Å². The summed E-state index contributed by atoms with van der Waals surface area (Å²) in [5.74, 6) is 0.0507. The molecule has 0 spiro atoms. The minimum absolute atomic E-state index is 0.0507. The number of hydrogen-bond acceptors (Lipinski definition) is 3. The van der Waals surface area contributed by atoms with Gasteiger partial charge in [-0.15, -0.1) is 0 Å². The fraction of sp³-hybridized carbons (Fsp3) is 0.875. The molecule has 0 aromatic heterocycles. The first-order valence-corrected chi connectivity index (χ1v) is 4.27. The van der Waals surface area contributed by atoms with E-state index < -0.39 is 0 Å². The molecular formula is C8H18N2O2. The average molecular weight is 174 g/mol. The Kier molecular flexibility index (Phi) is 8.05. The molecule has 0 fully saturated rings. The van der Waals surface area contributed by atoms with Gasteiger partial charge in [0.1, 0.15) is 0 Å². The molecule has 12 heavy (non-hydrogen) atoms. The quantitative estimate of drug-likeness (QED) is 0.523. The van der Waals surface area contributed by atoms with Crippen molar-refractivity contribution in [3.8, 4) is 0 Å². The fourth-order valence-corrected chi connectivity index (χ4v) is 0.750. The minimum atomic E-state index is 0.0507. The van der Waals surface area contributed by atoms with Gasteiger partial charge in [-0.25, -0.2) is 0 Å². The smallest absolute Gasteiger partial charge is 0.222 e. The monoisotopic (exact) mass is 174 g/mol. The average Bonchev–Trinajstić information content (AvgIpc) is 2.09. The third-order valence-corrected chi connectivity index (χ3v) is 1.41. The second kappa shape index (κ2) is 8.49. The van der Waals surface area contributed by atoms with Crippen LogP contribution in [0.4, 0.5) is 0 Å². The van der Waals surface area contributed by atoms with Crippen LogP contribution in [0.25, 0.3) is 0 Å². The van der Waals surface area contributed by atoms with Gasteiger partial charge in [-0.3, -0.25) is 4.79 Å². The molecule has 0 aliphatic carbocycles. The molecule has 0 aliphatic heterocycles. The van der Waals surface area contributed by atoms with Gasteiger partial charge in [-0.2, -0.15) is 0 Å². The summed E-state index contributed by atoms with van der Waals surface area (Å²) in [7, 11) is 1.59. The zero-order valence-electron chi connectivity index (χ0n) is 7.85. The van der Waals surface area contributed by atoms with Crippen molar-refractivity contribution < 1.29 is 9.53 Å². The van der Waals surface area contributed by atoms with Gasteiger partial charge < -0.3 is 15.4 Å². The second-order valence-electron chi connectivity index (χ2n) is 2.45. The summed E-state index contributed by atoms with van der Waals surface area (Å²) in [6.45, 7) is 4.99. The zero-order valence-corrected chi connectivity index (χ0v) is 7.85. The van der Waals surface area contributed by atoms with Crippen LogP contribution in [-0.4, -0.2) is 39.3 Å². The highest BCUT2D eigenvalue weighted by atomic mass is 16.5. The maximum absolute atomic E-state index is 10.9. The van der Waals surface area contributed by atoms with Gasteiger partial charge in [0.15, 0.2) is 0 Å². The molecule has 0 aromatic rings. The van der Waals surface area contributed by atoms with Crippen LogP contribution in [0.5, 0.6) is 0 Å². The predicted octanol–water partition coefficient (Wildman–Crippen LogP) is -0.251. The third-order valence-electron chi connectivity index (χ3n) is 1.41. The van der Waals surface area contributed by atoms with Crippen LogP contribution in [0.15, 0.2) is 0 Å². The molecule has 1 amide bonds. The number of methoxy groups -OCH3 is 1. The Balaban J connectivity index is 3.08. The van der Waals surface area contributed by atoms with E-state index in [1.165, 1.54) is 0 Å². The molecule has 0 heterocycles. The number of likely N-dealkylation sites (N-methyl/N-ethyl adjacent to an activating group) is 1. The van der Waals surface area contributed by atoms with Gasteiger partial charge in [-0.05, 0) is 6.54 Å². The summed E-state index contributed by atoms with van der Waals surface area (Å²) >= 11 is 0. The number of rotatable bonds is 7. The highest BCUT2D eigenvalue weighted by Crippen LogP contribution is 1.78. The highest BCUT2D eigenvalue weighted by Gasteiger charge is 1.97. The largest absolute Gasteiger partial charge is 0.384 e. The standard InChI is InChI=1S/C8H18N2O2/c1-3-9-5-6-10-8(11)4-7-12-2/h9H,3-7H2,1-2H3,(H,10,11). The van der Waals surface area contributed by atoms with Gasteiger partial charge in [0.05, 0.1) is 6.61 Å². The van der Waals surface area contributed by atoms with E-state index in [1.807, 2.05) is 6.92 Å². The van der Waals surface area contributed by atoms with Crippen molar-refractivity contribution in [3.63, 3.8) is 0 Å². The SMILES string of the molecule is CCNCCNC(=O)CCOC. The molecular weight excluding hydrogens is 156 g/mol. The van der Waals surface area contributed by atoms with Crippen molar-refractivity contribution in [2.45, 2.75) is 13.3 Å². The van der Waals surface area contributed by atoms with E-state index in [9.17, 15) is 4.79 Å². The van der Waals surface area contributed by atoms with Crippen LogP contribution >= 0.6 is 0 Å². The van der Waals surface area contributed by atoms with Gasteiger partial charge in [-0.1, -0.05) is 6.92 Å². The predicted molar refractivity (Wildman–Crippen MR) is 48.0 cm³/mol. The zero-order chi connectivity index (χ0) is 9.23. The first kappa shape index (κ1) is 11.4. The van der Waals surface area contributed by atoms with Crippen LogP contribution in [-0.2, 0) is 9.53 Å². The van der Waals surface area contributed by atoms with Crippen LogP contribution in [0.2, 0.25) is 0 Å². The van der Waals surface area contributed by atoms with Crippen molar-refractivity contribution in [3.05, 3.63) is 0 Å². The first-order chi connectivity index (χ1) is 5.81. The van der Waals surface area contributed by atoms with Crippen molar-refractivity contribution >= 4 is 5.91 Å². The molecule has 0 radical (unpaired) electrons. The van der Waals surface area contributed by atoms with Crippen molar-refractivity contribution in [1.29, 1.82) is 0 Å². The van der Waals surface area contributed by atoms with Crippen LogP contribution in [0.1, 0.15) is 13.3 Å². The highest BCUT2D eigenvalue weighted by molar-refractivity contribution is 5.75. The maximum Gasteiger partial charge on any atom is 0.222 e. The number of ether oxygens (including phenoxy) is 1. The van der Waals surface area contributed by atoms with E-state index in [4.69, 9.17) is 4.74 Å². The first-order valence-electron chi connectivity index (χ1n) is 4.27. The molecule has 72 valence electrons. The lowest BCUT2D eigenvalue weighted by Crippen LogP contribution is -2.32. The Labute approximate surface area is 73.7 Å². The van der Waals surface area contributed by atoms with Gasteiger partial charge in [0, 0.05) is 26.6 Å². The van der Waals surface area contributed by atoms with Crippen molar-refractivity contribution in [2.75, 3.05) is 33.4 Å². The normalized spacial score (nSPS) is 9.83. The summed E-state index contributed by atoms with van der Waals surface area (Å²) in [6.07, 6.45) is 0.447. The Hall–Kier alpha value is -0.610. The Morgan fingerprint density at radius 2 is 2.17 bits per heavy atom. The number of nitrogens with one attached hydrogen (secondary N) is 2. The summed E-state index contributed by atoms with van der Waals surface area (Å²) in [4.78, 5) is 10.9. The lowest BCUT2D eigenvalue weighted by Gasteiger charge is -2.04. The molecule has 0 unspecified atom stereocenters. The van der Waals surface area contributed by atoms with E-state index in [0.717, 1.165) is 13.1 Å². The molecule has 0 saturated heterocycles. The molecule has 2 N–H and O–H groups in total. The van der Waals surface area contributed by atoms with E-state index in [1.54, 1.807) is 7.11 Å². The van der Waals surface area contributed by atoms with Crippen LogP contribution < -0.4 is 10.6 Å². The molecule has 0 aromatic carbocycles. The molecule has 0 aliphatic rings. The fourth-order valence-electron chi connectivity index (χ4n) is 0.750. The van der Waals surface area contributed by atoms with Crippen molar-refractivity contribution in [2.24, 2.45) is 0 Å².